The van der Waals surface area contributed by atoms with Gasteiger partial charge in [0.15, 0.2) is 5.84 Å². The number of aliphatic imine (C=N–C) groups is 1. The summed E-state index contributed by atoms with van der Waals surface area (Å²) in [5.41, 5.74) is 6.88. The van der Waals surface area contributed by atoms with Crippen molar-refractivity contribution in [2.24, 2.45) is 16.0 Å². The van der Waals surface area contributed by atoms with Gasteiger partial charge in [-0.3, -0.25) is 10.2 Å². The van der Waals surface area contributed by atoms with Crippen molar-refractivity contribution >= 4 is 39.8 Å². The number of benzene rings is 1. The second kappa shape index (κ2) is 9.61. The smallest absolute Gasteiger partial charge is 0.283 e. The van der Waals surface area contributed by atoms with Gasteiger partial charge in [-0.1, -0.05) is 49.8 Å². The number of amides is 1. The van der Waals surface area contributed by atoms with Gasteiger partial charge in [0.05, 0.1) is 5.57 Å². The predicted molar refractivity (Wildman–Crippen MR) is 146 cm³/mol. The fourth-order valence-corrected chi connectivity index (χ4v) is 6.35. The predicted octanol–water partition coefficient (Wildman–Crippen LogP) is 6.69. The van der Waals surface area contributed by atoms with Gasteiger partial charge in [0.25, 0.3) is 5.91 Å². The van der Waals surface area contributed by atoms with Gasteiger partial charge in [0, 0.05) is 17.1 Å². The fourth-order valence-electron chi connectivity index (χ4n) is 5.45. The summed E-state index contributed by atoms with van der Waals surface area (Å²) in [6, 6.07) is 8.50. The van der Waals surface area contributed by atoms with E-state index in [1.807, 2.05) is 0 Å². The van der Waals surface area contributed by atoms with E-state index in [2.05, 4.69) is 66.6 Å². The van der Waals surface area contributed by atoms with E-state index in [0.717, 1.165) is 46.4 Å². The van der Waals surface area contributed by atoms with Crippen LogP contribution in [-0.2, 0) is 4.79 Å². The first-order valence-electron chi connectivity index (χ1n) is 12.6. The molecule has 1 amide bonds. The summed E-state index contributed by atoms with van der Waals surface area (Å²) in [5.74, 6) is 0.515. The Bertz CT molecular complexity index is 1290. The summed E-state index contributed by atoms with van der Waals surface area (Å²) in [7, 11) is 0. The molecule has 7 heteroatoms. The number of nitrogens with zero attached hydrogens (tertiary/aromatic N) is 4. The highest BCUT2D eigenvalue weighted by molar-refractivity contribution is 8.26. The topological polar surface area (TPSA) is 73.8 Å². The molecule has 1 aliphatic carbocycles. The van der Waals surface area contributed by atoms with Crippen LogP contribution in [0.5, 0.6) is 0 Å². The number of aromatic nitrogens is 1. The molecule has 1 aromatic heterocycles. The van der Waals surface area contributed by atoms with Gasteiger partial charge in [-0.25, -0.2) is 0 Å². The molecule has 1 fully saturated rings. The van der Waals surface area contributed by atoms with Crippen LogP contribution in [0.2, 0.25) is 0 Å². The Kier molecular flexibility index (Phi) is 6.53. The quantitative estimate of drug-likeness (QED) is 0.477. The Morgan fingerprint density at radius 1 is 1.11 bits per heavy atom. The zero-order valence-corrected chi connectivity index (χ0v) is 21.8. The minimum atomic E-state index is -0.367. The van der Waals surface area contributed by atoms with Crippen molar-refractivity contribution < 1.29 is 4.79 Å². The number of fused-ring (bicyclic) bond motifs is 1. The maximum atomic E-state index is 12.9. The number of hydrogen-bond donors (Lipinski definition) is 1. The van der Waals surface area contributed by atoms with E-state index in [1.54, 1.807) is 6.08 Å². The molecule has 0 bridgehead atoms. The molecule has 1 saturated carbocycles. The fraction of sp³-hybridized carbons (Fsp3) is 0.429. The molecule has 2 aliphatic heterocycles. The van der Waals surface area contributed by atoms with E-state index < -0.39 is 0 Å². The molecule has 0 unspecified atom stereocenters. The van der Waals surface area contributed by atoms with Crippen LogP contribution < -0.4 is 0 Å². The van der Waals surface area contributed by atoms with E-state index in [4.69, 9.17) is 5.41 Å². The van der Waals surface area contributed by atoms with Crippen molar-refractivity contribution in [3.05, 3.63) is 57.9 Å². The number of carbonyl (C=O) groups excluding carboxylic acids is 1. The number of hydrazone groups is 1. The molecule has 0 radical (unpaired) electrons. The van der Waals surface area contributed by atoms with Crippen LogP contribution in [0.25, 0.3) is 11.8 Å². The molecular weight excluding hydrogens is 454 g/mol. The van der Waals surface area contributed by atoms with Gasteiger partial charge < -0.3 is 4.57 Å². The number of rotatable bonds is 5. The maximum absolute atomic E-state index is 12.9. The molecule has 6 nitrogen and oxygen atoms in total. The van der Waals surface area contributed by atoms with E-state index in [9.17, 15) is 4.79 Å². The third-order valence-electron chi connectivity index (χ3n) is 7.35. The normalized spacial score (nSPS) is 19.9. The number of hydrogen-bond acceptors (Lipinski definition) is 4. The number of carbonyl (C=O) groups is 1. The average molecular weight is 488 g/mol. The minimum Gasteiger partial charge on any atom is -0.318 e. The Morgan fingerprint density at radius 2 is 1.89 bits per heavy atom. The van der Waals surface area contributed by atoms with E-state index in [0.29, 0.717) is 5.17 Å². The molecule has 1 aromatic carbocycles. The van der Waals surface area contributed by atoms with Crippen LogP contribution in [0.1, 0.15) is 73.0 Å². The van der Waals surface area contributed by atoms with Gasteiger partial charge in [0.2, 0.25) is 5.17 Å². The molecule has 182 valence electrons. The van der Waals surface area contributed by atoms with Crippen molar-refractivity contribution in [3.63, 3.8) is 0 Å². The van der Waals surface area contributed by atoms with Crippen molar-refractivity contribution in [1.29, 1.82) is 5.41 Å². The lowest BCUT2D eigenvalue weighted by Crippen LogP contribution is -2.35. The lowest BCUT2D eigenvalue weighted by molar-refractivity contribution is -0.114. The van der Waals surface area contributed by atoms with Crippen LogP contribution in [0.3, 0.4) is 0 Å². The number of aryl methyl sites for hydroxylation is 3. The number of thioether (sulfide) groups is 1. The van der Waals surface area contributed by atoms with Crippen LogP contribution in [0, 0.1) is 39.0 Å². The zero-order chi connectivity index (χ0) is 24.7. The summed E-state index contributed by atoms with van der Waals surface area (Å²) < 4.78 is 2.21. The first-order chi connectivity index (χ1) is 16.8. The van der Waals surface area contributed by atoms with Crippen LogP contribution in [0.15, 0.2) is 39.9 Å². The monoisotopic (exact) mass is 487 g/mol. The maximum Gasteiger partial charge on any atom is 0.283 e. The molecule has 5 rings (SSSR count). The molecular formula is C28H33N5OS. The lowest BCUT2D eigenvalue weighted by atomic mass is 9.86. The van der Waals surface area contributed by atoms with Crippen molar-refractivity contribution in [2.75, 3.05) is 0 Å². The highest BCUT2D eigenvalue weighted by Crippen LogP contribution is 2.34. The van der Waals surface area contributed by atoms with Gasteiger partial charge in [-0.15, -0.1) is 0 Å². The number of amidine groups is 2. The summed E-state index contributed by atoms with van der Waals surface area (Å²) in [4.78, 5) is 17.2. The first kappa shape index (κ1) is 23.8. The van der Waals surface area contributed by atoms with Crippen LogP contribution in [0.4, 0.5) is 0 Å². The third-order valence-corrected chi connectivity index (χ3v) is 8.32. The standard InChI is InChI=1S/C28H33N5OS/c1-17-10-12-24(18(2)14-17)32-19(3)15-22(20(32)4)16-23-26(29)33-28(30-27(23)34)35-25(31-33)13-11-21-8-6-5-7-9-21/h10,12,14-16,21,29H,5-9,11,13H2,1-4H3/b23-16+,29-26?. The average Bonchev–Trinajstić information content (AvgIpc) is 3.36. The van der Waals surface area contributed by atoms with Crippen molar-refractivity contribution in [2.45, 2.75) is 72.6 Å². The second-order valence-electron chi connectivity index (χ2n) is 10.0. The molecule has 0 saturated heterocycles. The van der Waals surface area contributed by atoms with Crippen molar-refractivity contribution in [1.82, 2.24) is 9.58 Å². The summed E-state index contributed by atoms with van der Waals surface area (Å²) in [5, 5.41) is 16.4. The zero-order valence-electron chi connectivity index (χ0n) is 21.0. The highest BCUT2D eigenvalue weighted by Gasteiger charge is 2.36. The number of nitrogens with one attached hydrogen (secondary N) is 1. The van der Waals surface area contributed by atoms with Gasteiger partial charge in [0.1, 0.15) is 5.04 Å². The van der Waals surface area contributed by atoms with Gasteiger partial charge >= 0.3 is 0 Å². The van der Waals surface area contributed by atoms with Crippen molar-refractivity contribution in [3.8, 4) is 5.69 Å². The molecule has 3 aliphatic rings. The molecule has 2 aromatic rings. The highest BCUT2D eigenvalue weighted by atomic mass is 32.2. The Balaban J connectivity index is 1.39. The molecule has 0 spiro atoms. The third kappa shape index (κ3) is 4.66. The second-order valence-corrected chi connectivity index (χ2v) is 11.0. The minimum absolute atomic E-state index is 0.108. The summed E-state index contributed by atoms with van der Waals surface area (Å²) >= 11 is 1.44. The van der Waals surface area contributed by atoms with Crippen LogP contribution >= 0.6 is 11.8 Å². The summed E-state index contributed by atoms with van der Waals surface area (Å²) in [6.07, 6.45) is 10.5. The lowest BCUT2D eigenvalue weighted by Gasteiger charge is -2.20. The Hall–Kier alpha value is -2.93. The Labute approximate surface area is 211 Å². The molecule has 0 atom stereocenters. The molecule has 1 N–H and O–H groups in total. The Morgan fingerprint density at radius 3 is 2.63 bits per heavy atom. The largest absolute Gasteiger partial charge is 0.318 e. The first-order valence-corrected chi connectivity index (χ1v) is 13.4. The molecule has 35 heavy (non-hydrogen) atoms. The van der Waals surface area contributed by atoms with Gasteiger partial charge in [-0.2, -0.15) is 15.1 Å². The summed E-state index contributed by atoms with van der Waals surface area (Å²) in [6.45, 7) is 8.33. The van der Waals surface area contributed by atoms with E-state index in [1.165, 1.54) is 60.0 Å². The van der Waals surface area contributed by atoms with Crippen LogP contribution in [-0.4, -0.2) is 31.5 Å². The SMILES string of the molecule is Cc1ccc(-n2c(C)cc(/C=C3\C(=N)N4N=C(CCC5CCCCC5)SC4=NC3=O)c2C)c(C)c1. The van der Waals surface area contributed by atoms with E-state index in [-0.39, 0.29) is 17.3 Å². The molecule has 3 heterocycles. The van der Waals surface area contributed by atoms with E-state index >= 15 is 0 Å². The van der Waals surface area contributed by atoms with Gasteiger partial charge in [-0.05, 0) is 87.6 Å².